The summed E-state index contributed by atoms with van der Waals surface area (Å²) in [5, 5.41) is 0. The summed E-state index contributed by atoms with van der Waals surface area (Å²) < 4.78 is 33.3. The molecule has 0 fully saturated rings. The van der Waals surface area contributed by atoms with E-state index in [4.69, 9.17) is 17.0 Å². The third-order valence-corrected chi connectivity index (χ3v) is 3.08. The number of nitrogens with one attached hydrogen (secondary N) is 2. The number of carbonyl (C=O) groups is 1. The first kappa shape index (κ1) is 17.5. The standard InChI is InChI=1S/C15H12F2N2O4S/c1-22-13(21)10(11-7-12(20)19-15(24)18-11)6-8-2-4-9(5-3-8)23-14(16)17/h2-7,14H,1H3,(H2,18,19,20,24)/b10-6-. The van der Waals surface area contributed by atoms with Crippen LogP contribution in [0.3, 0.4) is 0 Å². The third-order valence-electron chi connectivity index (χ3n) is 2.87. The van der Waals surface area contributed by atoms with Crippen LogP contribution in [0.5, 0.6) is 5.75 Å². The number of esters is 1. The number of hydrogen-bond donors (Lipinski definition) is 2. The molecule has 0 unspecified atom stereocenters. The predicted octanol–water partition coefficient (Wildman–Crippen LogP) is 2.75. The fourth-order valence-corrected chi connectivity index (χ4v) is 2.09. The number of ether oxygens (including phenoxy) is 2. The summed E-state index contributed by atoms with van der Waals surface area (Å²) in [6.07, 6.45) is 1.43. The first-order chi connectivity index (χ1) is 11.4. The topological polar surface area (TPSA) is 84.2 Å². The zero-order valence-electron chi connectivity index (χ0n) is 12.3. The summed E-state index contributed by atoms with van der Waals surface area (Å²) in [6.45, 7) is -2.92. The zero-order valence-corrected chi connectivity index (χ0v) is 13.2. The molecule has 9 heteroatoms. The van der Waals surface area contributed by atoms with Crippen molar-refractivity contribution in [3.05, 3.63) is 56.7 Å². The lowest BCUT2D eigenvalue weighted by Gasteiger charge is -2.07. The summed E-state index contributed by atoms with van der Waals surface area (Å²) >= 11 is 4.87. The van der Waals surface area contributed by atoms with Crippen LogP contribution in [0.2, 0.25) is 0 Å². The fourth-order valence-electron chi connectivity index (χ4n) is 1.88. The highest BCUT2D eigenvalue weighted by molar-refractivity contribution is 7.71. The monoisotopic (exact) mass is 354 g/mol. The van der Waals surface area contributed by atoms with E-state index in [-0.39, 0.29) is 21.8 Å². The first-order valence-electron chi connectivity index (χ1n) is 6.58. The van der Waals surface area contributed by atoms with Crippen molar-refractivity contribution in [3.63, 3.8) is 0 Å². The number of benzene rings is 1. The molecule has 1 aromatic heterocycles. The fraction of sp³-hybridized carbons (Fsp3) is 0.133. The van der Waals surface area contributed by atoms with Crippen LogP contribution in [0.1, 0.15) is 11.3 Å². The van der Waals surface area contributed by atoms with Crippen LogP contribution in [-0.4, -0.2) is 29.7 Å². The second-order valence-corrected chi connectivity index (χ2v) is 4.91. The van der Waals surface area contributed by atoms with Crippen LogP contribution in [0, 0.1) is 4.77 Å². The second kappa shape index (κ2) is 7.64. The molecule has 126 valence electrons. The number of aromatic amines is 2. The average molecular weight is 354 g/mol. The smallest absolute Gasteiger partial charge is 0.387 e. The number of alkyl halides is 2. The van der Waals surface area contributed by atoms with Crippen LogP contribution >= 0.6 is 12.2 Å². The maximum atomic E-state index is 12.1. The van der Waals surface area contributed by atoms with E-state index in [1.807, 2.05) is 0 Å². The third kappa shape index (κ3) is 4.59. The molecule has 2 rings (SSSR count). The van der Waals surface area contributed by atoms with Gasteiger partial charge in [0.25, 0.3) is 5.56 Å². The van der Waals surface area contributed by atoms with Crippen LogP contribution in [0.15, 0.2) is 35.1 Å². The molecule has 24 heavy (non-hydrogen) atoms. The lowest BCUT2D eigenvalue weighted by molar-refractivity contribution is -0.133. The van der Waals surface area contributed by atoms with Gasteiger partial charge >= 0.3 is 12.6 Å². The molecule has 0 saturated carbocycles. The number of H-pyrrole nitrogens is 2. The van der Waals surface area contributed by atoms with E-state index >= 15 is 0 Å². The molecular formula is C15H12F2N2O4S. The molecule has 0 atom stereocenters. The van der Waals surface area contributed by atoms with Crippen molar-refractivity contribution < 1.29 is 23.0 Å². The molecule has 0 aliphatic rings. The highest BCUT2D eigenvalue weighted by atomic mass is 32.1. The summed E-state index contributed by atoms with van der Waals surface area (Å²) in [4.78, 5) is 28.5. The largest absolute Gasteiger partial charge is 0.465 e. The molecule has 2 N–H and O–H groups in total. The minimum atomic E-state index is -2.92. The van der Waals surface area contributed by atoms with E-state index < -0.39 is 18.1 Å². The molecule has 0 radical (unpaired) electrons. The van der Waals surface area contributed by atoms with Crippen molar-refractivity contribution in [2.45, 2.75) is 6.61 Å². The quantitative estimate of drug-likeness (QED) is 0.490. The van der Waals surface area contributed by atoms with Gasteiger partial charge in [0.15, 0.2) is 4.77 Å². The molecule has 0 saturated heterocycles. The highest BCUT2D eigenvalue weighted by Gasteiger charge is 2.14. The number of methoxy groups -OCH3 is 1. The molecular weight excluding hydrogens is 342 g/mol. The molecule has 1 heterocycles. The molecule has 0 spiro atoms. The van der Waals surface area contributed by atoms with E-state index in [1.54, 1.807) is 0 Å². The predicted molar refractivity (Wildman–Crippen MR) is 85.2 cm³/mol. The Hall–Kier alpha value is -2.81. The number of carbonyl (C=O) groups excluding carboxylic acids is 1. The van der Waals surface area contributed by atoms with Crippen molar-refractivity contribution in [2.75, 3.05) is 7.11 Å². The number of aromatic nitrogens is 2. The zero-order chi connectivity index (χ0) is 17.7. The Morgan fingerprint density at radius 2 is 1.92 bits per heavy atom. The van der Waals surface area contributed by atoms with Gasteiger partial charge in [-0.2, -0.15) is 8.78 Å². The average Bonchev–Trinajstić information content (AvgIpc) is 2.52. The molecule has 0 aliphatic carbocycles. The Bertz CT molecular complexity index is 844. The van der Waals surface area contributed by atoms with Crippen molar-refractivity contribution in [1.82, 2.24) is 9.97 Å². The Labute approximate surface area is 139 Å². The Kier molecular flexibility index (Phi) is 5.59. The van der Waals surface area contributed by atoms with Gasteiger partial charge in [-0.1, -0.05) is 12.1 Å². The minimum Gasteiger partial charge on any atom is -0.465 e. The summed E-state index contributed by atoms with van der Waals surface area (Å²) in [7, 11) is 1.19. The van der Waals surface area contributed by atoms with Crippen LogP contribution < -0.4 is 10.3 Å². The maximum Gasteiger partial charge on any atom is 0.387 e. The molecule has 2 aromatic rings. The van der Waals surface area contributed by atoms with E-state index in [9.17, 15) is 18.4 Å². The van der Waals surface area contributed by atoms with Crippen LogP contribution in [0.4, 0.5) is 8.78 Å². The Morgan fingerprint density at radius 1 is 1.25 bits per heavy atom. The van der Waals surface area contributed by atoms with Gasteiger partial charge in [0, 0.05) is 6.07 Å². The van der Waals surface area contributed by atoms with Gasteiger partial charge in [-0.25, -0.2) is 4.79 Å². The molecule has 6 nitrogen and oxygen atoms in total. The van der Waals surface area contributed by atoms with Crippen LogP contribution in [0.25, 0.3) is 11.6 Å². The van der Waals surface area contributed by atoms with Gasteiger partial charge < -0.3 is 14.5 Å². The summed E-state index contributed by atoms with van der Waals surface area (Å²) in [5.41, 5.74) is 0.251. The normalized spacial score (nSPS) is 11.4. The van der Waals surface area contributed by atoms with Crippen LogP contribution in [-0.2, 0) is 9.53 Å². The van der Waals surface area contributed by atoms with E-state index in [2.05, 4.69) is 14.7 Å². The summed E-state index contributed by atoms with van der Waals surface area (Å²) in [5.74, 6) is -0.712. The number of hydrogen-bond acceptors (Lipinski definition) is 5. The Morgan fingerprint density at radius 3 is 2.46 bits per heavy atom. The maximum absolute atomic E-state index is 12.1. The van der Waals surface area contributed by atoms with Gasteiger partial charge in [0.1, 0.15) is 5.75 Å². The van der Waals surface area contributed by atoms with Gasteiger partial charge in [-0.3, -0.25) is 9.78 Å². The van der Waals surface area contributed by atoms with Gasteiger partial charge in [0.05, 0.1) is 18.4 Å². The lowest BCUT2D eigenvalue weighted by Crippen LogP contribution is -2.12. The van der Waals surface area contributed by atoms with E-state index in [0.717, 1.165) is 6.07 Å². The van der Waals surface area contributed by atoms with Gasteiger partial charge in [-0.15, -0.1) is 0 Å². The highest BCUT2D eigenvalue weighted by Crippen LogP contribution is 2.20. The molecule has 0 aliphatic heterocycles. The molecule has 1 aromatic carbocycles. The van der Waals surface area contributed by atoms with E-state index in [0.29, 0.717) is 5.56 Å². The van der Waals surface area contributed by atoms with Gasteiger partial charge in [-0.05, 0) is 36.0 Å². The second-order valence-electron chi connectivity index (χ2n) is 4.50. The SMILES string of the molecule is COC(=O)/C(=C\c1ccc(OC(F)F)cc1)c1cc(=O)[nH]c(=S)[nH]1. The van der Waals surface area contributed by atoms with Crippen molar-refractivity contribution in [1.29, 1.82) is 0 Å². The molecule has 0 bridgehead atoms. The number of rotatable bonds is 5. The number of halogens is 2. The first-order valence-corrected chi connectivity index (χ1v) is 6.99. The van der Waals surface area contributed by atoms with E-state index in [1.165, 1.54) is 37.5 Å². The van der Waals surface area contributed by atoms with Crippen molar-refractivity contribution in [3.8, 4) is 5.75 Å². The Balaban J connectivity index is 2.44. The van der Waals surface area contributed by atoms with Crippen molar-refractivity contribution >= 4 is 29.8 Å². The minimum absolute atomic E-state index is 0.0164. The van der Waals surface area contributed by atoms with Gasteiger partial charge in [0.2, 0.25) is 0 Å². The summed E-state index contributed by atoms with van der Waals surface area (Å²) in [6, 6.07) is 6.76. The lowest BCUT2D eigenvalue weighted by atomic mass is 10.1. The van der Waals surface area contributed by atoms with Crippen molar-refractivity contribution in [2.24, 2.45) is 0 Å². The molecule has 0 amide bonds.